The second-order valence-electron chi connectivity index (χ2n) is 8.87. The van der Waals surface area contributed by atoms with Gasteiger partial charge < -0.3 is 5.11 Å². The summed E-state index contributed by atoms with van der Waals surface area (Å²) in [7, 11) is 0. The summed E-state index contributed by atoms with van der Waals surface area (Å²) in [6, 6.07) is 0. The molecule has 3 fully saturated rings. The number of allylic oxidation sites excluding steroid dienone is 4. The third kappa shape index (κ3) is 2.16. The maximum Gasteiger partial charge on any atom is 0.178 e. The monoisotopic (exact) mass is 364 g/mol. The lowest BCUT2D eigenvalue weighted by atomic mass is 9.46. The summed E-state index contributed by atoms with van der Waals surface area (Å²) in [6.07, 6.45) is 8.14. The number of thioether (sulfide) groups is 1. The average Bonchev–Trinajstić information content (AvgIpc) is 2.87. The van der Waals surface area contributed by atoms with Crippen LogP contribution in [0, 0.1) is 22.7 Å². The van der Waals surface area contributed by atoms with Gasteiger partial charge in [-0.1, -0.05) is 25.5 Å². The Morgan fingerprint density at radius 3 is 2.76 bits per heavy atom. The molecule has 4 heteroatoms. The van der Waals surface area contributed by atoms with Gasteiger partial charge in [0.05, 0.1) is 6.10 Å². The molecule has 0 aromatic carbocycles. The molecule has 3 saturated carbocycles. The van der Waals surface area contributed by atoms with E-state index in [-0.39, 0.29) is 17.1 Å². The van der Waals surface area contributed by atoms with Crippen molar-refractivity contribution in [3.8, 4) is 0 Å². The molecule has 7 atom stereocenters. The maximum atomic E-state index is 16.7. The second kappa shape index (κ2) is 5.69. The van der Waals surface area contributed by atoms with Crippen molar-refractivity contribution in [2.75, 3.05) is 5.75 Å². The van der Waals surface area contributed by atoms with Gasteiger partial charge in [-0.2, -0.15) is 11.8 Å². The fraction of sp³-hybridized carbons (Fsp3) is 0.762. The first-order valence-corrected chi connectivity index (χ1v) is 10.7. The van der Waals surface area contributed by atoms with Gasteiger partial charge in [0.15, 0.2) is 11.5 Å². The molecule has 0 saturated heterocycles. The number of rotatable bonds is 2. The molecule has 1 unspecified atom stereocenters. The molecule has 0 aliphatic heterocycles. The number of halogens is 1. The summed E-state index contributed by atoms with van der Waals surface area (Å²) in [6.45, 7) is 6.37. The quantitative estimate of drug-likeness (QED) is 0.785. The van der Waals surface area contributed by atoms with Crippen molar-refractivity contribution in [1.29, 1.82) is 0 Å². The van der Waals surface area contributed by atoms with Crippen molar-refractivity contribution in [3.63, 3.8) is 0 Å². The van der Waals surface area contributed by atoms with E-state index in [0.29, 0.717) is 17.6 Å². The van der Waals surface area contributed by atoms with Crippen LogP contribution < -0.4 is 0 Å². The first-order chi connectivity index (χ1) is 11.8. The van der Waals surface area contributed by atoms with Crippen molar-refractivity contribution in [2.45, 2.75) is 69.9 Å². The van der Waals surface area contributed by atoms with Gasteiger partial charge in [0.1, 0.15) is 0 Å². The zero-order valence-electron chi connectivity index (χ0n) is 15.4. The van der Waals surface area contributed by atoms with Gasteiger partial charge in [0.25, 0.3) is 0 Å². The minimum Gasteiger partial charge on any atom is -0.390 e. The largest absolute Gasteiger partial charge is 0.390 e. The number of fused-ring (bicyclic) bond motifs is 5. The standard InChI is InChI=1S/C21H29FO2S/c1-4-25-18-8-7-15-16-6-5-13-11-14(23)9-10-20(13,3)21(16,22)17(24)12-19(15,18)2/h9-11,15-18,24H,4-8,12H2,1-3H3/t15-,16-,17-,18-,19-,20-,21?/m0/s1. The van der Waals surface area contributed by atoms with Crippen LogP contribution in [0.4, 0.5) is 4.39 Å². The van der Waals surface area contributed by atoms with Gasteiger partial charge in [-0.05, 0) is 68.3 Å². The van der Waals surface area contributed by atoms with Crippen LogP contribution in [0.25, 0.3) is 0 Å². The van der Waals surface area contributed by atoms with Gasteiger partial charge >= 0.3 is 0 Å². The Morgan fingerprint density at radius 2 is 2.04 bits per heavy atom. The zero-order chi connectivity index (χ0) is 18.0. The Bertz CT molecular complexity index is 658. The molecule has 0 heterocycles. The van der Waals surface area contributed by atoms with Crippen LogP contribution >= 0.6 is 11.8 Å². The molecule has 138 valence electrons. The summed E-state index contributed by atoms with van der Waals surface area (Å²) in [4.78, 5) is 11.8. The molecule has 0 bridgehead atoms. The zero-order valence-corrected chi connectivity index (χ0v) is 16.2. The molecule has 0 radical (unpaired) electrons. The Labute approximate surface area is 154 Å². The van der Waals surface area contributed by atoms with E-state index >= 15 is 4.39 Å². The van der Waals surface area contributed by atoms with Crippen molar-refractivity contribution in [1.82, 2.24) is 0 Å². The molecular weight excluding hydrogens is 335 g/mol. The van der Waals surface area contributed by atoms with Crippen LogP contribution in [0.5, 0.6) is 0 Å². The van der Waals surface area contributed by atoms with Crippen molar-refractivity contribution < 1.29 is 14.3 Å². The summed E-state index contributed by atoms with van der Waals surface area (Å²) >= 11 is 1.98. The van der Waals surface area contributed by atoms with E-state index < -0.39 is 17.2 Å². The van der Waals surface area contributed by atoms with Crippen molar-refractivity contribution >= 4 is 17.5 Å². The third-order valence-electron chi connectivity index (χ3n) is 7.92. The smallest absolute Gasteiger partial charge is 0.178 e. The Morgan fingerprint density at radius 1 is 1.28 bits per heavy atom. The molecule has 0 aromatic rings. The lowest BCUT2D eigenvalue weighted by Crippen LogP contribution is -2.66. The van der Waals surface area contributed by atoms with Gasteiger partial charge in [-0.15, -0.1) is 0 Å². The van der Waals surface area contributed by atoms with E-state index in [0.717, 1.165) is 37.0 Å². The number of ketones is 1. The molecule has 4 aliphatic rings. The van der Waals surface area contributed by atoms with Crippen molar-refractivity contribution in [3.05, 3.63) is 23.8 Å². The maximum absolute atomic E-state index is 16.7. The molecule has 4 rings (SSSR count). The van der Waals surface area contributed by atoms with E-state index in [2.05, 4.69) is 13.8 Å². The van der Waals surface area contributed by atoms with E-state index in [1.54, 1.807) is 12.2 Å². The first kappa shape index (κ1) is 17.8. The van der Waals surface area contributed by atoms with Gasteiger partial charge in [-0.25, -0.2) is 4.39 Å². The number of alkyl halides is 1. The molecule has 1 N–H and O–H groups in total. The van der Waals surface area contributed by atoms with Crippen LogP contribution in [0.1, 0.15) is 52.9 Å². The van der Waals surface area contributed by atoms with E-state index in [4.69, 9.17) is 0 Å². The fourth-order valence-electron chi connectivity index (χ4n) is 6.64. The summed E-state index contributed by atoms with van der Waals surface area (Å²) < 4.78 is 16.7. The number of aliphatic hydroxyl groups excluding tert-OH is 1. The number of aliphatic hydroxyl groups is 1. The molecule has 0 aromatic heterocycles. The van der Waals surface area contributed by atoms with Crippen LogP contribution in [0.3, 0.4) is 0 Å². The summed E-state index contributed by atoms with van der Waals surface area (Å²) in [5.41, 5.74) is -1.62. The topological polar surface area (TPSA) is 37.3 Å². The van der Waals surface area contributed by atoms with E-state index in [9.17, 15) is 9.90 Å². The lowest BCUT2D eigenvalue weighted by molar-refractivity contribution is -0.188. The number of hydrogen-bond acceptors (Lipinski definition) is 3. The highest BCUT2D eigenvalue weighted by Crippen LogP contribution is 2.68. The van der Waals surface area contributed by atoms with Crippen molar-refractivity contribution in [2.24, 2.45) is 22.7 Å². The van der Waals surface area contributed by atoms with Crippen LogP contribution in [0.15, 0.2) is 23.8 Å². The minimum absolute atomic E-state index is 0.0200. The highest BCUT2D eigenvalue weighted by molar-refractivity contribution is 7.99. The molecule has 0 spiro atoms. The predicted molar refractivity (Wildman–Crippen MR) is 100 cm³/mol. The third-order valence-corrected chi connectivity index (χ3v) is 9.43. The Balaban J connectivity index is 1.77. The van der Waals surface area contributed by atoms with Gasteiger partial charge in [0, 0.05) is 16.6 Å². The Hall–Kier alpha value is -0.610. The van der Waals surface area contributed by atoms with Crippen LogP contribution in [-0.4, -0.2) is 33.7 Å². The fourth-order valence-corrected chi connectivity index (χ4v) is 7.99. The van der Waals surface area contributed by atoms with Crippen LogP contribution in [-0.2, 0) is 4.79 Å². The highest BCUT2D eigenvalue weighted by atomic mass is 32.2. The summed E-state index contributed by atoms with van der Waals surface area (Å²) in [5.74, 6) is 1.23. The van der Waals surface area contributed by atoms with Gasteiger partial charge in [-0.3, -0.25) is 4.79 Å². The molecule has 25 heavy (non-hydrogen) atoms. The van der Waals surface area contributed by atoms with E-state index in [1.807, 2.05) is 18.7 Å². The summed E-state index contributed by atoms with van der Waals surface area (Å²) in [5, 5.41) is 11.6. The lowest BCUT2D eigenvalue weighted by Gasteiger charge is -2.62. The SMILES string of the molecule is CCS[C@H]1CC[C@H]2[C@@H]3CCC4=CC(=O)C=C[C@]4(C)C3(F)[C@@H](O)C[C@]12C. The minimum atomic E-state index is -1.66. The Kier molecular flexibility index (Phi) is 4.05. The number of hydrogen-bond donors (Lipinski definition) is 1. The van der Waals surface area contributed by atoms with Gasteiger partial charge in [0.2, 0.25) is 0 Å². The average molecular weight is 365 g/mol. The molecule has 0 amide bonds. The van der Waals surface area contributed by atoms with Crippen LogP contribution in [0.2, 0.25) is 0 Å². The second-order valence-corrected chi connectivity index (χ2v) is 10.4. The molecular formula is C21H29FO2S. The molecule has 4 aliphatic carbocycles. The molecule has 2 nitrogen and oxygen atoms in total. The number of carbonyl (C=O) groups is 1. The normalized spacial score (nSPS) is 51.6. The van der Waals surface area contributed by atoms with E-state index in [1.165, 1.54) is 6.08 Å². The highest BCUT2D eigenvalue weighted by Gasteiger charge is 2.70. The first-order valence-electron chi connectivity index (χ1n) is 9.70. The predicted octanol–water partition coefficient (Wildman–Crippen LogP) is 4.48. The number of carbonyl (C=O) groups excluding carboxylic acids is 1.